The Balaban J connectivity index is 1.75. The second kappa shape index (κ2) is 5.42. The van der Waals surface area contributed by atoms with Crippen LogP contribution < -0.4 is 4.90 Å². The van der Waals surface area contributed by atoms with Crippen molar-refractivity contribution in [3.05, 3.63) is 70.3 Å². The molecule has 122 valence electrons. The summed E-state index contributed by atoms with van der Waals surface area (Å²) in [6.45, 7) is 0.567. The number of β-lactam (4-membered cyclic amide) rings is 1. The van der Waals surface area contributed by atoms with Crippen molar-refractivity contribution >= 4 is 17.3 Å². The Kier molecular flexibility index (Phi) is 3.35. The molecule has 0 bridgehead atoms. The Labute approximate surface area is 138 Å². The molecule has 2 aromatic rings. The number of hydrogen-bond donors (Lipinski definition) is 0. The van der Waals surface area contributed by atoms with Gasteiger partial charge in [-0.2, -0.15) is 0 Å². The summed E-state index contributed by atoms with van der Waals surface area (Å²) in [4.78, 5) is 25.0. The number of nitrogens with zero attached hydrogens (tertiary/aromatic N) is 2. The minimum atomic E-state index is -0.827. The van der Waals surface area contributed by atoms with Crippen molar-refractivity contribution in [2.75, 3.05) is 11.5 Å². The molecule has 2 aliphatic rings. The molecule has 6 nitrogen and oxygen atoms in total. The third-order valence-electron chi connectivity index (χ3n) is 4.79. The van der Waals surface area contributed by atoms with E-state index >= 15 is 0 Å². The van der Waals surface area contributed by atoms with Crippen LogP contribution in [0.25, 0.3) is 0 Å². The Morgan fingerprint density at radius 3 is 2.42 bits per heavy atom. The fourth-order valence-corrected chi connectivity index (χ4v) is 3.68. The van der Waals surface area contributed by atoms with Crippen molar-refractivity contribution in [3.8, 4) is 0 Å². The number of nitro benzene ring substituents is 1. The number of benzene rings is 2. The largest absolute Gasteiger partial charge is 0.363 e. The zero-order valence-electron chi connectivity index (χ0n) is 12.9. The van der Waals surface area contributed by atoms with Gasteiger partial charge in [-0.05, 0) is 42.7 Å². The first-order chi connectivity index (χ1) is 11.6. The standard InChI is InChI=1S/C18H16N2O4/c21-17-18(11-4-12-24-18)16(19(17)14-5-2-1-3-6-14)13-7-9-15(10-8-13)20(22)23/h1-3,5-10,16H,4,11-12H2/t16-,18+/m1/s1. The van der Waals surface area contributed by atoms with Crippen LogP contribution in [0.5, 0.6) is 0 Å². The third-order valence-corrected chi connectivity index (χ3v) is 4.79. The smallest absolute Gasteiger partial charge is 0.269 e. The zero-order valence-corrected chi connectivity index (χ0v) is 12.9. The average Bonchev–Trinajstić information content (AvgIpc) is 3.12. The van der Waals surface area contributed by atoms with Crippen LogP contribution in [-0.2, 0) is 9.53 Å². The van der Waals surface area contributed by atoms with Crippen molar-refractivity contribution in [3.63, 3.8) is 0 Å². The average molecular weight is 324 g/mol. The number of nitro groups is 1. The van der Waals surface area contributed by atoms with Crippen LogP contribution in [0, 0.1) is 10.1 Å². The van der Waals surface area contributed by atoms with Gasteiger partial charge in [-0.1, -0.05) is 18.2 Å². The number of hydrogen-bond acceptors (Lipinski definition) is 4. The summed E-state index contributed by atoms with van der Waals surface area (Å²) in [5.41, 5.74) is 0.876. The highest BCUT2D eigenvalue weighted by atomic mass is 16.6. The van der Waals surface area contributed by atoms with Gasteiger partial charge >= 0.3 is 0 Å². The molecule has 1 spiro atoms. The monoisotopic (exact) mass is 324 g/mol. The van der Waals surface area contributed by atoms with E-state index in [0.29, 0.717) is 13.0 Å². The maximum Gasteiger partial charge on any atom is 0.269 e. The van der Waals surface area contributed by atoms with Gasteiger partial charge in [0.1, 0.15) is 6.04 Å². The van der Waals surface area contributed by atoms with Gasteiger partial charge in [0.05, 0.1) is 4.92 Å². The summed E-state index contributed by atoms with van der Waals surface area (Å²) in [6.07, 6.45) is 1.52. The summed E-state index contributed by atoms with van der Waals surface area (Å²) in [5, 5.41) is 10.9. The number of carbonyl (C=O) groups is 1. The fourth-order valence-electron chi connectivity index (χ4n) is 3.68. The first-order valence-electron chi connectivity index (χ1n) is 7.90. The number of non-ortho nitro benzene ring substituents is 1. The molecule has 2 heterocycles. The van der Waals surface area contributed by atoms with Gasteiger partial charge in [0.2, 0.25) is 0 Å². The molecule has 6 heteroatoms. The third kappa shape index (κ3) is 2.03. The minimum absolute atomic E-state index is 0.0328. The molecule has 2 fully saturated rings. The molecule has 2 aromatic carbocycles. The van der Waals surface area contributed by atoms with Gasteiger partial charge in [0.15, 0.2) is 5.60 Å². The van der Waals surface area contributed by atoms with Crippen LogP contribution in [0.4, 0.5) is 11.4 Å². The van der Waals surface area contributed by atoms with Crippen molar-refractivity contribution in [2.45, 2.75) is 24.5 Å². The molecule has 0 radical (unpaired) electrons. The van der Waals surface area contributed by atoms with Crippen LogP contribution in [0.2, 0.25) is 0 Å². The molecular formula is C18H16N2O4. The highest BCUT2D eigenvalue weighted by Gasteiger charge is 2.64. The molecule has 0 N–H and O–H groups in total. The van der Waals surface area contributed by atoms with Crippen molar-refractivity contribution in [1.29, 1.82) is 0 Å². The molecule has 0 saturated carbocycles. The van der Waals surface area contributed by atoms with Gasteiger partial charge in [-0.15, -0.1) is 0 Å². The lowest BCUT2D eigenvalue weighted by Crippen LogP contribution is -2.68. The van der Waals surface area contributed by atoms with Crippen LogP contribution >= 0.6 is 0 Å². The van der Waals surface area contributed by atoms with Gasteiger partial charge < -0.3 is 4.74 Å². The van der Waals surface area contributed by atoms with Gasteiger partial charge in [0.25, 0.3) is 11.6 Å². The Hall–Kier alpha value is -2.73. The molecule has 24 heavy (non-hydrogen) atoms. The van der Waals surface area contributed by atoms with E-state index in [4.69, 9.17) is 4.74 Å². The summed E-state index contributed by atoms with van der Waals surface area (Å²) >= 11 is 0. The SMILES string of the molecule is O=C1N(c2ccccc2)[C@H](c2ccc([N+](=O)[O-])cc2)[C@@]12CCCO2. The molecule has 2 aliphatic heterocycles. The topological polar surface area (TPSA) is 72.7 Å². The van der Waals surface area contributed by atoms with Crippen LogP contribution in [0.15, 0.2) is 54.6 Å². The van der Waals surface area contributed by atoms with Crippen LogP contribution in [-0.4, -0.2) is 23.0 Å². The first-order valence-corrected chi connectivity index (χ1v) is 7.90. The van der Waals surface area contributed by atoms with E-state index in [9.17, 15) is 14.9 Å². The second-order valence-electron chi connectivity index (χ2n) is 6.10. The highest BCUT2D eigenvalue weighted by Crippen LogP contribution is 2.53. The molecule has 1 amide bonds. The Morgan fingerprint density at radius 2 is 1.83 bits per heavy atom. The normalized spacial score (nSPS) is 25.8. The lowest BCUT2D eigenvalue weighted by Gasteiger charge is -2.53. The molecule has 2 atom stereocenters. The predicted molar refractivity (Wildman–Crippen MR) is 87.7 cm³/mol. The van der Waals surface area contributed by atoms with E-state index in [1.54, 1.807) is 17.0 Å². The van der Waals surface area contributed by atoms with E-state index in [2.05, 4.69) is 0 Å². The van der Waals surface area contributed by atoms with E-state index in [1.807, 2.05) is 30.3 Å². The molecular weight excluding hydrogens is 308 g/mol. The maximum absolute atomic E-state index is 12.8. The van der Waals surface area contributed by atoms with Crippen LogP contribution in [0.3, 0.4) is 0 Å². The predicted octanol–water partition coefficient (Wildman–Crippen LogP) is 3.23. The zero-order chi connectivity index (χ0) is 16.7. The summed E-state index contributed by atoms with van der Waals surface area (Å²) in [5.74, 6) is -0.0328. The van der Waals surface area contributed by atoms with Gasteiger partial charge in [-0.3, -0.25) is 19.8 Å². The number of carbonyl (C=O) groups excluding carboxylic acids is 1. The Morgan fingerprint density at radius 1 is 1.12 bits per heavy atom. The van der Waals surface area contributed by atoms with E-state index < -0.39 is 10.5 Å². The van der Waals surface area contributed by atoms with E-state index in [0.717, 1.165) is 17.7 Å². The number of ether oxygens (including phenoxy) is 1. The molecule has 0 aromatic heterocycles. The maximum atomic E-state index is 12.8. The number of amides is 1. The lowest BCUT2D eigenvalue weighted by molar-refractivity contribution is -0.384. The number of anilines is 1. The van der Waals surface area contributed by atoms with Crippen molar-refractivity contribution < 1.29 is 14.5 Å². The van der Waals surface area contributed by atoms with Gasteiger partial charge in [-0.25, -0.2) is 0 Å². The number of rotatable bonds is 3. The first kappa shape index (κ1) is 14.8. The Bertz CT molecular complexity index is 782. The molecule has 2 saturated heterocycles. The fraction of sp³-hybridized carbons (Fsp3) is 0.278. The van der Waals surface area contributed by atoms with E-state index in [1.165, 1.54) is 12.1 Å². The molecule has 4 rings (SSSR count). The summed E-state index contributed by atoms with van der Waals surface area (Å²) in [6, 6.07) is 15.6. The quantitative estimate of drug-likeness (QED) is 0.493. The lowest BCUT2D eigenvalue weighted by atomic mass is 9.75. The van der Waals surface area contributed by atoms with Gasteiger partial charge in [0, 0.05) is 24.4 Å². The molecule has 0 aliphatic carbocycles. The van der Waals surface area contributed by atoms with Crippen molar-refractivity contribution in [2.24, 2.45) is 0 Å². The highest BCUT2D eigenvalue weighted by molar-refractivity contribution is 6.08. The number of para-hydroxylation sites is 1. The van der Waals surface area contributed by atoms with Crippen molar-refractivity contribution in [1.82, 2.24) is 0 Å². The second-order valence-corrected chi connectivity index (χ2v) is 6.10. The van der Waals surface area contributed by atoms with E-state index in [-0.39, 0.29) is 17.6 Å². The summed E-state index contributed by atoms with van der Waals surface area (Å²) in [7, 11) is 0. The van der Waals surface area contributed by atoms with Crippen LogP contribution in [0.1, 0.15) is 24.4 Å². The minimum Gasteiger partial charge on any atom is -0.363 e. The summed E-state index contributed by atoms with van der Waals surface area (Å²) < 4.78 is 5.86. The molecule has 0 unspecified atom stereocenters.